The van der Waals surface area contributed by atoms with Gasteiger partial charge in [0.25, 0.3) is 0 Å². The topological polar surface area (TPSA) is 92.9 Å². The van der Waals surface area contributed by atoms with E-state index in [2.05, 4.69) is 10.3 Å². The van der Waals surface area contributed by atoms with Gasteiger partial charge >= 0.3 is 5.97 Å². The summed E-state index contributed by atoms with van der Waals surface area (Å²) >= 11 is 0. The van der Waals surface area contributed by atoms with Crippen LogP contribution < -0.4 is 5.32 Å². The molecular weight excluding hydrogens is 381 g/mol. The highest BCUT2D eigenvalue weighted by Gasteiger charge is 2.40. The van der Waals surface area contributed by atoms with Gasteiger partial charge in [-0.05, 0) is 25.1 Å². The van der Waals surface area contributed by atoms with Gasteiger partial charge in [0.05, 0.1) is 32.1 Å². The molecule has 0 unspecified atom stereocenters. The molecule has 3 heterocycles. The third kappa shape index (κ3) is 4.12. The van der Waals surface area contributed by atoms with Gasteiger partial charge in [-0.2, -0.15) is 0 Å². The molecule has 1 aromatic heterocycles. The summed E-state index contributed by atoms with van der Waals surface area (Å²) in [5.41, 5.74) is 0.880. The lowest BCUT2D eigenvalue weighted by molar-refractivity contribution is -0.185. The Morgan fingerprint density at radius 1 is 1.28 bits per heavy atom. The smallest absolute Gasteiger partial charge is 0.356 e. The minimum atomic E-state index is -0.602. The second-order valence-electron chi connectivity index (χ2n) is 7.22. The maximum Gasteiger partial charge on any atom is 0.356 e. The second kappa shape index (κ2) is 8.10. The van der Waals surface area contributed by atoms with Gasteiger partial charge in [0.15, 0.2) is 5.79 Å². The zero-order valence-corrected chi connectivity index (χ0v) is 16.3. The van der Waals surface area contributed by atoms with Crippen LogP contribution in [0, 0.1) is 5.82 Å². The van der Waals surface area contributed by atoms with Crippen molar-refractivity contribution < 1.29 is 28.2 Å². The number of fused-ring (bicyclic) bond motifs is 1. The van der Waals surface area contributed by atoms with Crippen LogP contribution in [0.2, 0.25) is 0 Å². The Morgan fingerprint density at radius 3 is 2.69 bits per heavy atom. The molecule has 29 heavy (non-hydrogen) atoms. The standard InChI is InChI=1S/C20H24FN3O5/c1-2-27-19(26)18-17(14-11-13(21)3-4-15(14)22-18)23-16(25)12-24-7-5-20(6-8-24)28-9-10-29-20/h3-4,11,22H,2,5-10,12H2,1H3,(H,23,25). The number of nitrogens with one attached hydrogen (secondary N) is 2. The molecule has 9 heteroatoms. The van der Waals surface area contributed by atoms with Crippen molar-refractivity contribution >= 4 is 28.5 Å². The number of hydrogen-bond donors (Lipinski definition) is 2. The van der Waals surface area contributed by atoms with Gasteiger partial charge in [-0.1, -0.05) is 0 Å². The summed E-state index contributed by atoms with van der Waals surface area (Å²) in [7, 11) is 0. The SMILES string of the molecule is CCOC(=O)c1[nH]c2ccc(F)cc2c1NC(=O)CN1CCC2(CC1)OCCO2. The molecule has 2 fully saturated rings. The molecule has 8 nitrogen and oxygen atoms in total. The van der Waals surface area contributed by atoms with E-state index in [4.69, 9.17) is 14.2 Å². The number of carbonyl (C=O) groups excluding carboxylic acids is 2. The molecule has 0 radical (unpaired) electrons. The van der Waals surface area contributed by atoms with Gasteiger partial charge in [-0.15, -0.1) is 0 Å². The van der Waals surface area contributed by atoms with E-state index in [9.17, 15) is 14.0 Å². The van der Waals surface area contributed by atoms with Crippen LogP contribution in [0.5, 0.6) is 0 Å². The molecule has 0 bridgehead atoms. The summed E-state index contributed by atoms with van der Waals surface area (Å²) in [6.07, 6.45) is 1.40. The van der Waals surface area contributed by atoms with Crippen molar-refractivity contribution in [2.45, 2.75) is 25.6 Å². The van der Waals surface area contributed by atoms with E-state index >= 15 is 0 Å². The maximum absolute atomic E-state index is 13.8. The van der Waals surface area contributed by atoms with E-state index in [0.717, 1.165) is 0 Å². The molecule has 1 spiro atoms. The van der Waals surface area contributed by atoms with E-state index in [1.54, 1.807) is 6.92 Å². The van der Waals surface area contributed by atoms with Crippen LogP contribution >= 0.6 is 0 Å². The summed E-state index contributed by atoms with van der Waals surface area (Å²) < 4.78 is 30.2. The number of anilines is 1. The van der Waals surface area contributed by atoms with Crippen LogP contribution in [0.3, 0.4) is 0 Å². The summed E-state index contributed by atoms with van der Waals surface area (Å²) in [5.74, 6) is -1.85. The highest BCUT2D eigenvalue weighted by molar-refractivity contribution is 6.11. The molecule has 2 N–H and O–H groups in total. The van der Waals surface area contributed by atoms with Crippen LogP contribution in [0.4, 0.5) is 10.1 Å². The zero-order valence-electron chi connectivity index (χ0n) is 16.3. The highest BCUT2D eigenvalue weighted by atomic mass is 19.1. The molecule has 0 atom stereocenters. The Hall–Kier alpha value is -2.49. The predicted octanol–water partition coefficient (Wildman–Crippen LogP) is 2.26. The fourth-order valence-electron chi connectivity index (χ4n) is 3.87. The van der Waals surface area contributed by atoms with E-state index in [0.29, 0.717) is 50.0 Å². The van der Waals surface area contributed by atoms with Crippen molar-refractivity contribution in [2.24, 2.45) is 0 Å². The first-order valence-corrected chi connectivity index (χ1v) is 9.78. The summed E-state index contributed by atoms with van der Waals surface area (Å²) in [6, 6.07) is 4.09. The van der Waals surface area contributed by atoms with Crippen LogP contribution in [0.1, 0.15) is 30.3 Å². The zero-order chi connectivity index (χ0) is 20.4. The molecule has 0 aliphatic carbocycles. The molecule has 0 saturated carbocycles. The molecule has 1 amide bonds. The number of ether oxygens (including phenoxy) is 3. The average molecular weight is 405 g/mol. The molecule has 4 rings (SSSR count). The van der Waals surface area contributed by atoms with E-state index < -0.39 is 17.6 Å². The van der Waals surface area contributed by atoms with Gasteiger partial charge in [0, 0.05) is 36.8 Å². The number of esters is 1. The normalized spacial score (nSPS) is 19.0. The van der Waals surface area contributed by atoms with Gasteiger partial charge < -0.3 is 24.5 Å². The number of piperidine rings is 1. The molecule has 2 aromatic rings. The Balaban J connectivity index is 1.48. The molecule has 2 aliphatic rings. The van der Waals surface area contributed by atoms with Crippen molar-refractivity contribution in [2.75, 3.05) is 44.8 Å². The first-order valence-electron chi connectivity index (χ1n) is 9.78. The number of aromatic nitrogens is 1. The minimum absolute atomic E-state index is 0.103. The lowest BCUT2D eigenvalue weighted by atomic mass is 10.0. The number of halogens is 1. The van der Waals surface area contributed by atoms with Gasteiger partial charge in [0.2, 0.25) is 5.91 Å². The van der Waals surface area contributed by atoms with E-state index in [1.165, 1.54) is 18.2 Å². The first kappa shape index (κ1) is 19.8. The summed E-state index contributed by atoms with van der Waals surface area (Å²) in [4.78, 5) is 29.9. The fourth-order valence-corrected chi connectivity index (χ4v) is 3.87. The highest BCUT2D eigenvalue weighted by Crippen LogP contribution is 2.32. The van der Waals surface area contributed by atoms with E-state index in [-0.39, 0.29) is 30.4 Å². The number of amides is 1. The minimum Gasteiger partial charge on any atom is -0.461 e. The number of rotatable bonds is 5. The molecule has 1 aromatic carbocycles. The number of nitrogens with zero attached hydrogens (tertiary/aromatic N) is 1. The number of benzene rings is 1. The van der Waals surface area contributed by atoms with Crippen molar-refractivity contribution in [1.29, 1.82) is 0 Å². The summed E-state index contributed by atoms with van der Waals surface area (Å²) in [6.45, 7) is 4.58. The van der Waals surface area contributed by atoms with Crippen LogP contribution in [0.25, 0.3) is 10.9 Å². The van der Waals surface area contributed by atoms with Gasteiger partial charge in [-0.3, -0.25) is 9.69 Å². The maximum atomic E-state index is 13.8. The number of H-pyrrole nitrogens is 1. The fraction of sp³-hybridized carbons (Fsp3) is 0.500. The van der Waals surface area contributed by atoms with Crippen molar-refractivity contribution in [1.82, 2.24) is 9.88 Å². The van der Waals surface area contributed by atoms with E-state index in [1.807, 2.05) is 4.90 Å². The molecule has 2 saturated heterocycles. The van der Waals surface area contributed by atoms with Crippen molar-refractivity contribution in [3.63, 3.8) is 0 Å². The van der Waals surface area contributed by atoms with Gasteiger partial charge in [0.1, 0.15) is 11.5 Å². The lowest BCUT2D eigenvalue weighted by Crippen LogP contribution is -2.47. The monoisotopic (exact) mass is 405 g/mol. The molecular formula is C20H24FN3O5. The Morgan fingerprint density at radius 2 is 2.00 bits per heavy atom. The Labute approximate surface area is 167 Å². The number of carbonyl (C=O) groups is 2. The second-order valence-corrected chi connectivity index (χ2v) is 7.22. The van der Waals surface area contributed by atoms with Crippen molar-refractivity contribution in [3.8, 4) is 0 Å². The Kier molecular flexibility index (Phi) is 5.53. The quantitative estimate of drug-likeness (QED) is 0.742. The molecule has 2 aliphatic heterocycles. The van der Waals surface area contributed by atoms with Crippen LogP contribution in [0.15, 0.2) is 18.2 Å². The van der Waals surface area contributed by atoms with Crippen molar-refractivity contribution in [3.05, 3.63) is 29.7 Å². The lowest BCUT2D eigenvalue weighted by Gasteiger charge is -2.37. The third-order valence-electron chi connectivity index (χ3n) is 5.30. The predicted molar refractivity (Wildman–Crippen MR) is 103 cm³/mol. The first-order chi connectivity index (χ1) is 14.0. The van der Waals surface area contributed by atoms with Gasteiger partial charge in [-0.25, -0.2) is 9.18 Å². The largest absolute Gasteiger partial charge is 0.461 e. The number of aromatic amines is 1. The summed E-state index contributed by atoms with van der Waals surface area (Å²) in [5, 5.41) is 3.19. The average Bonchev–Trinajstić information content (AvgIpc) is 3.29. The number of hydrogen-bond acceptors (Lipinski definition) is 6. The molecule has 156 valence electrons. The number of likely N-dealkylation sites (tertiary alicyclic amines) is 1. The van der Waals surface area contributed by atoms with Crippen LogP contribution in [-0.2, 0) is 19.0 Å². The van der Waals surface area contributed by atoms with Crippen LogP contribution in [-0.4, -0.2) is 67.0 Å². The third-order valence-corrected chi connectivity index (χ3v) is 5.30. The Bertz CT molecular complexity index is 912.